The number of aromatic hydroxyl groups is 1. The summed E-state index contributed by atoms with van der Waals surface area (Å²) < 4.78 is 0. The number of phenolic OH excluding ortho intramolecular Hbond substituents is 1. The lowest BCUT2D eigenvalue weighted by atomic mass is 10.0. The van der Waals surface area contributed by atoms with E-state index < -0.39 is 0 Å². The van der Waals surface area contributed by atoms with Gasteiger partial charge >= 0.3 is 0 Å². The highest BCUT2D eigenvalue weighted by Crippen LogP contribution is 2.24. The van der Waals surface area contributed by atoms with Crippen molar-refractivity contribution < 1.29 is 5.11 Å². The van der Waals surface area contributed by atoms with E-state index in [1.165, 1.54) is 20.7 Å². The van der Waals surface area contributed by atoms with Crippen molar-refractivity contribution >= 4 is 22.1 Å². The van der Waals surface area contributed by atoms with Crippen molar-refractivity contribution in [3.05, 3.63) is 63.8 Å². The summed E-state index contributed by atoms with van der Waals surface area (Å²) in [6.45, 7) is 2.14. The molecule has 0 atom stereocenters. The molecule has 0 aliphatic carbocycles. The molecule has 0 saturated heterocycles. The highest BCUT2D eigenvalue weighted by molar-refractivity contribution is 7.11. The second kappa shape index (κ2) is 4.46. The van der Waals surface area contributed by atoms with Crippen LogP contribution in [0.3, 0.4) is 0 Å². The number of aryl methyl sites for hydroxylation is 1. The van der Waals surface area contributed by atoms with E-state index in [9.17, 15) is 5.11 Å². The SMILES string of the molecule is Cc1ccc(Cc2ccc3cc(O)ccc3c2)s1. The smallest absolute Gasteiger partial charge is 0.116 e. The van der Waals surface area contributed by atoms with E-state index in [1.807, 2.05) is 17.4 Å². The molecule has 2 aromatic carbocycles. The van der Waals surface area contributed by atoms with Crippen LogP contribution >= 0.6 is 11.3 Å². The van der Waals surface area contributed by atoms with Crippen LogP contribution in [0.15, 0.2) is 48.5 Å². The maximum atomic E-state index is 9.44. The fourth-order valence-electron chi connectivity index (χ4n) is 2.17. The van der Waals surface area contributed by atoms with Crippen LogP contribution in [-0.4, -0.2) is 5.11 Å². The molecule has 0 fully saturated rings. The molecule has 0 unspecified atom stereocenters. The molecule has 1 nitrogen and oxygen atoms in total. The summed E-state index contributed by atoms with van der Waals surface area (Å²) >= 11 is 1.85. The van der Waals surface area contributed by atoms with Gasteiger partial charge < -0.3 is 5.11 Å². The molecule has 90 valence electrons. The average Bonchev–Trinajstić information content (AvgIpc) is 2.75. The minimum atomic E-state index is 0.323. The second-order valence-electron chi connectivity index (χ2n) is 4.55. The fraction of sp³-hybridized carbons (Fsp3) is 0.125. The van der Waals surface area contributed by atoms with E-state index in [1.54, 1.807) is 12.1 Å². The fourth-order valence-corrected chi connectivity index (χ4v) is 3.10. The highest BCUT2D eigenvalue weighted by atomic mass is 32.1. The lowest BCUT2D eigenvalue weighted by molar-refractivity contribution is 0.476. The monoisotopic (exact) mass is 254 g/mol. The summed E-state index contributed by atoms with van der Waals surface area (Å²) in [6, 6.07) is 16.3. The lowest BCUT2D eigenvalue weighted by Crippen LogP contribution is -1.84. The first-order valence-electron chi connectivity index (χ1n) is 5.98. The van der Waals surface area contributed by atoms with Gasteiger partial charge in [-0.2, -0.15) is 0 Å². The van der Waals surface area contributed by atoms with Gasteiger partial charge in [0.15, 0.2) is 0 Å². The average molecular weight is 254 g/mol. The Labute approximate surface area is 110 Å². The number of thiophene rings is 1. The van der Waals surface area contributed by atoms with Crippen LogP contribution in [-0.2, 0) is 6.42 Å². The lowest BCUT2D eigenvalue weighted by Gasteiger charge is -2.03. The quantitative estimate of drug-likeness (QED) is 0.713. The second-order valence-corrected chi connectivity index (χ2v) is 5.93. The molecule has 3 aromatic rings. The molecule has 0 spiro atoms. The summed E-state index contributed by atoms with van der Waals surface area (Å²) in [6.07, 6.45) is 0.981. The molecule has 3 rings (SSSR count). The normalized spacial score (nSPS) is 10.9. The van der Waals surface area contributed by atoms with Crippen molar-refractivity contribution in [3.63, 3.8) is 0 Å². The molecule has 0 aliphatic rings. The number of rotatable bonds is 2. The molecular weight excluding hydrogens is 240 g/mol. The van der Waals surface area contributed by atoms with Crippen molar-refractivity contribution in [1.29, 1.82) is 0 Å². The van der Waals surface area contributed by atoms with Gasteiger partial charge in [0.25, 0.3) is 0 Å². The van der Waals surface area contributed by atoms with E-state index in [2.05, 4.69) is 37.3 Å². The molecule has 1 N–H and O–H groups in total. The third-order valence-electron chi connectivity index (χ3n) is 3.06. The maximum Gasteiger partial charge on any atom is 0.116 e. The number of hydrogen-bond donors (Lipinski definition) is 1. The standard InChI is InChI=1S/C16H14OS/c1-11-2-7-16(18-11)9-12-3-4-14-10-15(17)6-5-13(14)8-12/h2-8,10,17H,9H2,1H3. The van der Waals surface area contributed by atoms with Gasteiger partial charge in [0.2, 0.25) is 0 Å². The number of phenols is 1. The van der Waals surface area contributed by atoms with E-state index in [0.29, 0.717) is 5.75 Å². The molecule has 1 heterocycles. The molecule has 0 bridgehead atoms. The van der Waals surface area contributed by atoms with Crippen LogP contribution in [0.1, 0.15) is 15.3 Å². The first-order chi connectivity index (χ1) is 8.70. The Bertz CT molecular complexity index is 697. The summed E-state index contributed by atoms with van der Waals surface area (Å²) in [7, 11) is 0. The van der Waals surface area contributed by atoms with Crippen molar-refractivity contribution in [3.8, 4) is 5.75 Å². The number of fused-ring (bicyclic) bond motifs is 1. The minimum Gasteiger partial charge on any atom is -0.508 e. The molecule has 18 heavy (non-hydrogen) atoms. The zero-order valence-electron chi connectivity index (χ0n) is 10.2. The van der Waals surface area contributed by atoms with Crippen LogP contribution in [0.5, 0.6) is 5.75 Å². The maximum absolute atomic E-state index is 9.44. The van der Waals surface area contributed by atoms with Gasteiger partial charge in [-0.1, -0.05) is 24.3 Å². The summed E-state index contributed by atoms with van der Waals surface area (Å²) in [4.78, 5) is 2.75. The van der Waals surface area contributed by atoms with Crippen LogP contribution < -0.4 is 0 Å². The molecule has 0 aliphatic heterocycles. The third-order valence-corrected chi connectivity index (χ3v) is 4.06. The molecule has 0 radical (unpaired) electrons. The van der Waals surface area contributed by atoms with Crippen LogP contribution in [0.25, 0.3) is 10.8 Å². The van der Waals surface area contributed by atoms with Crippen LogP contribution in [0.4, 0.5) is 0 Å². The van der Waals surface area contributed by atoms with Gasteiger partial charge in [0, 0.05) is 16.2 Å². The van der Waals surface area contributed by atoms with E-state index in [4.69, 9.17) is 0 Å². The van der Waals surface area contributed by atoms with Crippen molar-refractivity contribution in [2.45, 2.75) is 13.3 Å². The van der Waals surface area contributed by atoms with Gasteiger partial charge in [-0.25, -0.2) is 0 Å². The molecule has 2 heteroatoms. The van der Waals surface area contributed by atoms with E-state index >= 15 is 0 Å². The first-order valence-corrected chi connectivity index (χ1v) is 6.79. The number of hydrogen-bond acceptors (Lipinski definition) is 2. The van der Waals surface area contributed by atoms with Gasteiger partial charge in [0.1, 0.15) is 5.75 Å². The Morgan fingerprint density at radius 3 is 2.50 bits per heavy atom. The zero-order valence-corrected chi connectivity index (χ0v) is 11.0. The summed E-state index contributed by atoms with van der Waals surface area (Å²) in [5, 5.41) is 11.7. The Kier molecular flexibility index (Phi) is 2.80. The Morgan fingerprint density at radius 1 is 0.944 bits per heavy atom. The topological polar surface area (TPSA) is 20.2 Å². The molecule has 1 aromatic heterocycles. The van der Waals surface area contributed by atoms with Gasteiger partial charge in [-0.05, 0) is 47.5 Å². The molecular formula is C16H14OS. The number of benzene rings is 2. The van der Waals surface area contributed by atoms with Crippen molar-refractivity contribution in [2.24, 2.45) is 0 Å². The Balaban J connectivity index is 1.96. The van der Waals surface area contributed by atoms with Crippen LogP contribution in [0.2, 0.25) is 0 Å². The van der Waals surface area contributed by atoms with Gasteiger partial charge in [0.05, 0.1) is 0 Å². The van der Waals surface area contributed by atoms with Crippen molar-refractivity contribution in [2.75, 3.05) is 0 Å². The van der Waals surface area contributed by atoms with Gasteiger partial charge in [-0.15, -0.1) is 11.3 Å². The predicted molar refractivity (Wildman–Crippen MR) is 77.5 cm³/mol. The third kappa shape index (κ3) is 2.24. The Hall–Kier alpha value is -1.80. The predicted octanol–water partition coefficient (Wildman–Crippen LogP) is 4.51. The summed E-state index contributed by atoms with van der Waals surface area (Å²) in [5.74, 6) is 0.323. The Morgan fingerprint density at radius 2 is 1.72 bits per heavy atom. The summed E-state index contributed by atoms with van der Waals surface area (Å²) in [5.41, 5.74) is 1.31. The van der Waals surface area contributed by atoms with Gasteiger partial charge in [-0.3, -0.25) is 0 Å². The molecule has 0 amide bonds. The zero-order chi connectivity index (χ0) is 12.5. The van der Waals surface area contributed by atoms with Crippen LogP contribution in [0, 0.1) is 6.92 Å². The molecule has 0 saturated carbocycles. The minimum absolute atomic E-state index is 0.323. The largest absolute Gasteiger partial charge is 0.508 e. The van der Waals surface area contributed by atoms with Crippen molar-refractivity contribution in [1.82, 2.24) is 0 Å². The van der Waals surface area contributed by atoms with E-state index in [0.717, 1.165) is 11.8 Å². The highest BCUT2D eigenvalue weighted by Gasteiger charge is 2.01. The first kappa shape index (κ1) is 11.3. The van der Waals surface area contributed by atoms with E-state index in [-0.39, 0.29) is 0 Å².